The minimum atomic E-state index is -0.282. The third-order valence-corrected chi connectivity index (χ3v) is 5.02. The number of rotatable bonds is 6. The summed E-state index contributed by atoms with van der Waals surface area (Å²) in [7, 11) is 0. The van der Waals surface area contributed by atoms with Crippen molar-refractivity contribution < 1.29 is 9.90 Å². The number of nitrogens with zero attached hydrogens (tertiary/aromatic N) is 4. The SMILES string of the molecule is O=C(N[C@H](Cc1ccccn1)C1CC(O)C1)c1cnc(-c2cccnc2)nc1. The Morgan fingerprint density at radius 3 is 2.54 bits per heavy atom. The van der Waals surface area contributed by atoms with Crippen LogP contribution in [0.5, 0.6) is 0 Å². The Labute approximate surface area is 162 Å². The highest BCUT2D eigenvalue weighted by atomic mass is 16.3. The second-order valence-electron chi connectivity index (χ2n) is 7.03. The Morgan fingerprint density at radius 2 is 1.89 bits per heavy atom. The summed E-state index contributed by atoms with van der Waals surface area (Å²) >= 11 is 0. The lowest BCUT2D eigenvalue weighted by Crippen LogP contribution is -2.48. The minimum absolute atomic E-state index is 0.0937. The molecule has 1 saturated carbocycles. The molecule has 3 aromatic heterocycles. The van der Waals surface area contributed by atoms with Crippen LogP contribution >= 0.6 is 0 Å². The van der Waals surface area contributed by atoms with Crippen molar-refractivity contribution in [2.24, 2.45) is 5.92 Å². The van der Waals surface area contributed by atoms with Crippen LogP contribution in [0, 0.1) is 5.92 Å². The molecule has 1 aliphatic carbocycles. The van der Waals surface area contributed by atoms with Gasteiger partial charge in [-0.05, 0) is 43.0 Å². The molecule has 0 bridgehead atoms. The zero-order valence-corrected chi connectivity index (χ0v) is 15.3. The molecule has 3 heterocycles. The first kappa shape index (κ1) is 18.2. The van der Waals surface area contributed by atoms with Crippen molar-refractivity contribution in [3.05, 3.63) is 72.6 Å². The lowest BCUT2D eigenvalue weighted by molar-refractivity contribution is 0.0237. The molecule has 142 valence electrons. The highest BCUT2D eigenvalue weighted by Crippen LogP contribution is 2.31. The van der Waals surface area contributed by atoms with Crippen LogP contribution in [0.4, 0.5) is 0 Å². The number of aliphatic hydroxyl groups excluding tert-OH is 1. The number of pyridine rings is 2. The number of aliphatic hydroxyl groups is 1. The normalized spacial score (nSPS) is 19.5. The molecule has 4 rings (SSSR count). The summed E-state index contributed by atoms with van der Waals surface area (Å²) in [5.74, 6) is 0.536. The smallest absolute Gasteiger partial charge is 0.254 e. The molecule has 1 aliphatic rings. The molecule has 1 amide bonds. The van der Waals surface area contributed by atoms with Crippen molar-refractivity contribution in [3.8, 4) is 11.4 Å². The third kappa shape index (κ3) is 4.20. The van der Waals surface area contributed by atoms with Gasteiger partial charge in [-0.2, -0.15) is 0 Å². The van der Waals surface area contributed by atoms with Crippen molar-refractivity contribution in [1.82, 2.24) is 25.3 Å². The van der Waals surface area contributed by atoms with Gasteiger partial charge < -0.3 is 10.4 Å². The van der Waals surface area contributed by atoms with Crippen LogP contribution in [0.1, 0.15) is 28.9 Å². The molecule has 0 radical (unpaired) electrons. The predicted octanol–water partition coefficient (Wildman–Crippen LogP) is 2.05. The summed E-state index contributed by atoms with van der Waals surface area (Å²) < 4.78 is 0. The molecule has 0 saturated heterocycles. The van der Waals surface area contributed by atoms with Crippen LogP contribution in [0.2, 0.25) is 0 Å². The van der Waals surface area contributed by atoms with Crippen molar-refractivity contribution in [3.63, 3.8) is 0 Å². The molecule has 2 N–H and O–H groups in total. The molecule has 0 aliphatic heterocycles. The van der Waals surface area contributed by atoms with E-state index in [-0.39, 0.29) is 24.0 Å². The van der Waals surface area contributed by atoms with Crippen molar-refractivity contribution in [2.45, 2.75) is 31.4 Å². The zero-order valence-electron chi connectivity index (χ0n) is 15.3. The van der Waals surface area contributed by atoms with Crippen LogP contribution in [0.15, 0.2) is 61.3 Å². The van der Waals surface area contributed by atoms with Gasteiger partial charge in [-0.3, -0.25) is 14.8 Å². The van der Waals surface area contributed by atoms with E-state index in [4.69, 9.17) is 0 Å². The average Bonchev–Trinajstić information content (AvgIpc) is 2.72. The number of hydrogen-bond donors (Lipinski definition) is 2. The van der Waals surface area contributed by atoms with E-state index in [9.17, 15) is 9.90 Å². The second-order valence-corrected chi connectivity index (χ2v) is 7.03. The Morgan fingerprint density at radius 1 is 1.07 bits per heavy atom. The van der Waals surface area contributed by atoms with E-state index in [1.165, 1.54) is 12.4 Å². The van der Waals surface area contributed by atoms with Gasteiger partial charge in [0.2, 0.25) is 0 Å². The second kappa shape index (κ2) is 8.22. The van der Waals surface area contributed by atoms with Crippen LogP contribution in [-0.4, -0.2) is 43.1 Å². The summed E-state index contributed by atoms with van der Waals surface area (Å²) in [6, 6.07) is 9.33. The van der Waals surface area contributed by atoms with Gasteiger partial charge in [0.15, 0.2) is 5.82 Å². The summed E-state index contributed by atoms with van der Waals surface area (Å²) in [6.07, 6.45) is 9.88. The highest BCUT2D eigenvalue weighted by molar-refractivity contribution is 5.94. The quantitative estimate of drug-likeness (QED) is 0.684. The van der Waals surface area contributed by atoms with Crippen LogP contribution in [0.25, 0.3) is 11.4 Å². The Kier molecular flexibility index (Phi) is 5.34. The summed E-state index contributed by atoms with van der Waals surface area (Å²) in [5, 5.41) is 12.8. The molecular formula is C21H21N5O2. The van der Waals surface area contributed by atoms with E-state index in [2.05, 4.69) is 25.3 Å². The third-order valence-electron chi connectivity index (χ3n) is 5.02. The minimum Gasteiger partial charge on any atom is -0.393 e. The Balaban J connectivity index is 1.46. The Hall–Kier alpha value is -3.19. The number of carbonyl (C=O) groups excluding carboxylic acids is 1. The number of nitrogens with one attached hydrogen (secondary N) is 1. The largest absolute Gasteiger partial charge is 0.393 e. The first-order valence-corrected chi connectivity index (χ1v) is 9.30. The fourth-order valence-corrected chi connectivity index (χ4v) is 3.38. The van der Waals surface area contributed by atoms with Crippen LogP contribution in [0.3, 0.4) is 0 Å². The van der Waals surface area contributed by atoms with E-state index in [1.54, 1.807) is 18.6 Å². The molecule has 0 aromatic carbocycles. The first-order chi connectivity index (χ1) is 13.7. The maximum Gasteiger partial charge on any atom is 0.254 e. The van der Waals surface area contributed by atoms with Crippen LogP contribution < -0.4 is 5.32 Å². The molecule has 0 unspecified atom stereocenters. The fraction of sp³-hybridized carbons (Fsp3) is 0.286. The molecule has 1 atom stereocenters. The van der Waals surface area contributed by atoms with E-state index in [0.29, 0.717) is 30.7 Å². The number of amides is 1. The maximum absolute atomic E-state index is 12.7. The van der Waals surface area contributed by atoms with Crippen molar-refractivity contribution in [1.29, 1.82) is 0 Å². The molecule has 0 spiro atoms. The number of hydrogen-bond acceptors (Lipinski definition) is 6. The number of carbonyl (C=O) groups is 1. The van der Waals surface area contributed by atoms with Gasteiger partial charge in [-0.1, -0.05) is 6.07 Å². The molecule has 7 nitrogen and oxygen atoms in total. The van der Waals surface area contributed by atoms with Gasteiger partial charge in [0, 0.05) is 54.7 Å². The van der Waals surface area contributed by atoms with Gasteiger partial charge in [0.05, 0.1) is 11.7 Å². The van der Waals surface area contributed by atoms with E-state index in [0.717, 1.165) is 11.3 Å². The summed E-state index contributed by atoms with van der Waals surface area (Å²) in [4.78, 5) is 29.7. The molecular weight excluding hydrogens is 354 g/mol. The maximum atomic E-state index is 12.7. The zero-order chi connectivity index (χ0) is 19.3. The highest BCUT2D eigenvalue weighted by Gasteiger charge is 2.35. The monoisotopic (exact) mass is 375 g/mol. The van der Waals surface area contributed by atoms with Crippen LogP contribution in [-0.2, 0) is 6.42 Å². The van der Waals surface area contributed by atoms with Gasteiger partial charge in [0.25, 0.3) is 5.91 Å². The summed E-state index contributed by atoms with van der Waals surface area (Å²) in [6.45, 7) is 0. The molecule has 7 heteroatoms. The van der Waals surface area contributed by atoms with E-state index in [1.807, 2.05) is 30.3 Å². The van der Waals surface area contributed by atoms with E-state index >= 15 is 0 Å². The van der Waals surface area contributed by atoms with Crippen molar-refractivity contribution in [2.75, 3.05) is 0 Å². The fourth-order valence-electron chi connectivity index (χ4n) is 3.38. The standard InChI is InChI=1S/C21H21N5O2/c27-18-8-15(9-18)19(10-17-5-1-2-7-23-17)26-21(28)16-12-24-20(25-13-16)14-4-3-6-22-11-14/h1-7,11-13,15,18-19,27H,8-10H2,(H,26,28)/t15?,18?,19-/m1/s1. The topological polar surface area (TPSA) is 101 Å². The molecule has 28 heavy (non-hydrogen) atoms. The molecule has 1 fully saturated rings. The van der Waals surface area contributed by atoms with E-state index < -0.39 is 0 Å². The predicted molar refractivity (Wildman–Crippen MR) is 103 cm³/mol. The first-order valence-electron chi connectivity index (χ1n) is 9.30. The Bertz CT molecular complexity index is 913. The lowest BCUT2D eigenvalue weighted by Gasteiger charge is -2.38. The van der Waals surface area contributed by atoms with Crippen molar-refractivity contribution >= 4 is 5.91 Å². The van der Waals surface area contributed by atoms with Gasteiger partial charge in [-0.25, -0.2) is 9.97 Å². The van der Waals surface area contributed by atoms with Gasteiger partial charge in [0.1, 0.15) is 0 Å². The lowest BCUT2D eigenvalue weighted by atomic mass is 9.76. The van der Waals surface area contributed by atoms with Gasteiger partial charge in [-0.15, -0.1) is 0 Å². The molecule has 3 aromatic rings. The average molecular weight is 375 g/mol. The summed E-state index contributed by atoms with van der Waals surface area (Å²) in [5.41, 5.74) is 2.11. The number of aromatic nitrogens is 4. The van der Waals surface area contributed by atoms with Gasteiger partial charge >= 0.3 is 0 Å².